The summed E-state index contributed by atoms with van der Waals surface area (Å²) >= 11 is 3.23. The molecular weight excluding hydrogens is 333 g/mol. The van der Waals surface area contributed by atoms with Gasteiger partial charge in [-0.05, 0) is 40.0 Å². The predicted molar refractivity (Wildman–Crippen MR) is 84.6 cm³/mol. The second-order valence-electron chi connectivity index (χ2n) is 5.57. The van der Waals surface area contributed by atoms with Crippen LogP contribution in [0.5, 0.6) is 0 Å². The summed E-state index contributed by atoms with van der Waals surface area (Å²) in [5, 5.41) is 3.37. The van der Waals surface area contributed by atoms with Crippen LogP contribution in [0.2, 0.25) is 0 Å². The number of nitrogens with one attached hydrogen (secondary N) is 1. The van der Waals surface area contributed by atoms with Crippen LogP contribution in [0, 0.1) is 5.82 Å². The Morgan fingerprint density at radius 2 is 2.10 bits per heavy atom. The maximum Gasteiger partial charge on any atom is 0.159 e. The van der Waals surface area contributed by atoms with E-state index in [0.717, 1.165) is 36.5 Å². The molecule has 1 aromatic heterocycles. The molecule has 0 spiro atoms. The molecule has 2 aromatic rings. The minimum absolute atomic E-state index is 0.273. The molecule has 110 valence electrons. The van der Waals surface area contributed by atoms with Crippen molar-refractivity contribution in [1.29, 1.82) is 0 Å². The molecule has 21 heavy (non-hydrogen) atoms. The summed E-state index contributed by atoms with van der Waals surface area (Å²) in [4.78, 5) is 9.44. The van der Waals surface area contributed by atoms with Gasteiger partial charge in [-0.15, -0.1) is 0 Å². The van der Waals surface area contributed by atoms with Crippen LogP contribution in [-0.2, 0) is 13.0 Å². The molecule has 5 heteroatoms. The van der Waals surface area contributed by atoms with Crippen LogP contribution in [0.4, 0.5) is 4.39 Å². The van der Waals surface area contributed by atoms with Gasteiger partial charge in [0.2, 0.25) is 0 Å². The van der Waals surface area contributed by atoms with E-state index in [2.05, 4.69) is 35.1 Å². The van der Waals surface area contributed by atoms with Crippen molar-refractivity contribution in [2.75, 3.05) is 6.54 Å². The van der Waals surface area contributed by atoms with E-state index in [-0.39, 0.29) is 5.82 Å². The number of hydrogen-bond acceptors (Lipinski definition) is 3. The lowest BCUT2D eigenvalue weighted by atomic mass is 9.98. The number of aromatic nitrogens is 2. The molecule has 0 radical (unpaired) electrons. The van der Waals surface area contributed by atoms with Crippen LogP contribution in [0.3, 0.4) is 0 Å². The van der Waals surface area contributed by atoms with Crippen LogP contribution < -0.4 is 5.32 Å². The van der Waals surface area contributed by atoms with Crippen molar-refractivity contribution in [2.24, 2.45) is 0 Å². The summed E-state index contributed by atoms with van der Waals surface area (Å²) in [6.45, 7) is 6.05. The number of rotatable bonds is 2. The SMILES string of the molecule is CC(C)c1nc(-c2ccc(F)c(Br)c2)nc2c1CNCC2. The van der Waals surface area contributed by atoms with E-state index in [1.807, 2.05) is 0 Å². The molecule has 0 fully saturated rings. The number of hydrogen-bond donors (Lipinski definition) is 1. The second kappa shape index (κ2) is 5.81. The molecule has 2 heterocycles. The van der Waals surface area contributed by atoms with Crippen molar-refractivity contribution in [1.82, 2.24) is 15.3 Å². The van der Waals surface area contributed by atoms with Crippen molar-refractivity contribution < 1.29 is 4.39 Å². The Labute approximate surface area is 132 Å². The number of nitrogens with zero attached hydrogens (tertiary/aromatic N) is 2. The first-order valence-corrected chi connectivity index (χ1v) is 7.91. The summed E-state index contributed by atoms with van der Waals surface area (Å²) in [6, 6.07) is 4.91. The molecule has 0 aliphatic carbocycles. The van der Waals surface area contributed by atoms with Crippen LogP contribution in [-0.4, -0.2) is 16.5 Å². The Hall–Kier alpha value is -1.33. The second-order valence-corrected chi connectivity index (χ2v) is 6.42. The molecule has 3 nitrogen and oxygen atoms in total. The zero-order valence-corrected chi connectivity index (χ0v) is 13.7. The van der Waals surface area contributed by atoms with Gasteiger partial charge in [0.25, 0.3) is 0 Å². The fourth-order valence-corrected chi connectivity index (χ4v) is 2.99. The van der Waals surface area contributed by atoms with Crippen LogP contribution >= 0.6 is 15.9 Å². The van der Waals surface area contributed by atoms with Crippen LogP contribution in [0.1, 0.15) is 36.7 Å². The summed E-state index contributed by atoms with van der Waals surface area (Å²) in [7, 11) is 0. The first-order chi connectivity index (χ1) is 10.1. The molecule has 1 N–H and O–H groups in total. The Morgan fingerprint density at radius 3 is 2.81 bits per heavy atom. The third kappa shape index (κ3) is 2.85. The first-order valence-electron chi connectivity index (χ1n) is 7.12. The summed E-state index contributed by atoms with van der Waals surface area (Å²) in [5.74, 6) is 0.745. The van der Waals surface area contributed by atoms with Gasteiger partial charge < -0.3 is 5.32 Å². The van der Waals surface area contributed by atoms with Gasteiger partial charge in [0.1, 0.15) is 5.82 Å². The molecular formula is C16H17BrFN3. The normalized spacial score (nSPS) is 14.3. The van der Waals surface area contributed by atoms with Crippen molar-refractivity contribution in [3.63, 3.8) is 0 Å². The predicted octanol–water partition coefficient (Wildman–Crippen LogP) is 3.81. The molecule has 0 atom stereocenters. The maximum atomic E-state index is 13.4. The van der Waals surface area contributed by atoms with E-state index >= 15 is 0 Å². The minimum Gasteiger partial charge on any atom is -0.312 e. The molecule has 1 aliphatic heterocycles. The average Bonchev–Trinajstić information content (AvgIpc) is 2.48. The van der Waals surface area contributed by atoms with E-state index in [4.69, 9.17) is 9.97 Å². The highest BCUT2D eigenvalue weighted by Gasteiger charge is 2.20. The molecule has 0 amide bonds. The topological polar surface area (TPSA) is 37.8 Å². The molecule has 3 rings (SSSR count). The highest BCUT2D eigenvalue weighted by atomic mass is 79.9. The third-order valence-electron chi connectivity index (χ3n) is 3.69. The van der Waals surface area contributed by atoms with E-state index in [9.17, 15) is 4.39 Å². The Balaban J connectivity index is 2.14. The van der Waals surface area contributed by atoms with E-state index < -0.39 is 0 Å². The first kappa shape index (κ1) is 14.6. The number of fused-ring (bicyclic) bond motifs is 1. The van der Waals surface area contributed by atoms with Gasteiger partial charge in [-0.25, -0.2) is 14.4 Å². The average molecular weight is 350 g/mol. The third-order valence-corrected chi connectivity index (χ3v) is 4.30. The van der Waals surface area contributed by atoms with Crippen LogP contribution in [0.15, 0.2) is 22.7 Å². The molecule has 0 saturated heterocycles. The summed E-state index contributed by atoms with van der Waals surface area (Å²) in [6.07, 6.45) is 0.910. The summed E-state index contributed by atoms with van der Waals surface area (Å²) in [5.41, 5.74) is 4.26. The molecule has 1 aliphatic rings. The van der Waals surface area contributed by atoms with Gasteiger partial charge in [0.05, 0.1) is 15.9 Å². The Morgan fingerprint density at radius 1 is 1.29 bits per heavy atom. The highest BCUT2D eigenvalue weighted by Crippen LogP contribution is 2.28. The monoisotopic (exact) mass is 349 g/mol. The molecule has 0 bridgehead atoms. The van der Waals surface area contributed by atoms with Crippen molar-refractivity contribution in [3.8, 4) is 11.4 Å². The van der Waals surface area contributed by atoms with Crippen molar-refractivity contribution >= 4 is 15.9 Å². The Kier molecular flexibility index (Phi) is 4.04. The maximum absolute atomic E-state index is 13.4. The lowest BCUT2D eigenvalue weighted by Gasteiger charge is -2.21. The fourth-order valence-electron chi connectivity index (χ4n) is 2.61. The van der Waals surface area contributed by atoms with Gasteiger partial charge in [0, 0.05) is 30.6 Å². The van der Waals surface area contributed by atoms with Gasteiger partial charge in [-0.3, -0.25) is 0 Å². The van der Waals surface area contributed by atoms with Crippen molar-refractivity contribution in [3.05, 3.63) is 45.4 Å². The van der Waals surface area contributed by atoms with Gasteiger partial charge in [-0.2, -0.15) is 0 Å². The van der Waals surface area contributed by atoms with Gasteiger partial charge in [0.15, 0.2) is 5.82 Å². The van der Waals surface area contributed by atoms with Crippen molar-refractivity contribution in [2.45, 2.75) is 32.7 Å². The van der Waals surface area contributed by atoms with E-state index in [1.54, 1.807) is 12.1 Å². The standard InChI is InChI=1S/C16H17BrFN3/c1-9(2)15-11-8-19-6-5-14(11)20-16(21-15)10-3-4-13(18)12(17)7-10/h3-4,7,9,19H,5-6,8H2,1-2H3. The Bertz CT molecular complexity index is 685. The van der Waals surface area contributed by atoms with E-state index in [1.165, 1.54) is 11.6 Å². The lowest BCUT2D eigenvalue weighted by molar-refractivity contribution is 0.609. The smallest absolute Gasteiger partial charge is 0.159 e. The van der Waals surface area contributed by atoms with Gasteiger partial charge >= 0.3 is 0 Å². The summed E-state index contributed by atoms with van der Waals surface area (Å²) < 4.78 is 13.8. The van der Waals surface area contributed by atoms with Crippen LogP contribution in [0.25, 0.3) is 11.4 Å². The molecule has 0 saturated carbocycles. The quantitative estimate of drug-likeness (QED) is 0.895. The lowest BCUT2D eigenvalue weighted by Crippen LogP contribution is -2.27. The molecule has 1 aromatic carbocycles. The zero-order chi connectivity index (χ0) is 15.0. The van der Waals surface area contributed by atoms with E-state index in [0.29, 0.717) is 16.2 Å². The fraction of sp³-hybridized carbons (Fsp3) is 0.375. The highest BCUT2D eigenvalue weighted by molar-refractivity contribution is 9.10. The minimum atomic E-state index is -0.273. The number of halogens is 2. The van der Waals surface area contributed by atoms with Gasteiger partial charge in [-0.1, -0.05) is 13.8 Å². The zero-order valence-electron chi connectivity index (χ0n) is 12.1. The largest absolute Gasteiger partial charge is 0.312 e. The molecule has 0 unspecified atom stereocenters. The number of benzene rings is 1.